The fourth-order valence-electron chi connectivity index (χ4n) is 1.92. The van der Waals surface area contributed by atoms with E-state index < -0.39 is 0 Å². The molecule has 0 aliphatic rings. The maximum atomic E-state index is 11.9. The van der Waals surface area contributed by atoms with Crippen LogP contribution in [0.15, 0.2) is 36.7 Å². The van der Waals surface area contributed by atoms with E-state index in [9.17, 15) is 4.79 Å². The van der Waals surface area contributed by atoms with E-state index in [0.717, 1.165) is 24.4 Å². The quantitative estimate of drug-likeness (QED) is 0.816. The second-order valence-corrected chi connectivity index (χ2v) is 5.81. The molecule has 0 saturated carbocycles. The van der Waals surface area contributed by atoms with Gasteiger partial charge in [0, 0.05) is 17.6 Å². The second kappa shape index (κ2) is 8.48. The summed E-state index contributed by atoms with van der Waals surface area (Å²) in [7, 11) is 0. The molecule has 0 bridgehead atoms. The number of rotatable bonds is 7. The number of halogens is 1. The van der Waals surface area contributed by atoms with Crippen molar-refractivity contribution in [3.05, 3.63) is 52.9 Å². The number of aromatic nitrogens is 2. The van der Waals surface area contributed by atoms with Gasteiger partial charge in [0.2, 0.25) is 0 Å². The van der Waals surface area contributed by atoms with Crippen molar-refractivity contribution in [2.75, 3.05) is 11.9 Å². The van der Waals surface area contributed by atoms with Crippen LogP contribution in [0.3, 0.4) is 0 Å². The maximum Gasteiger partial charge on any atom is 0.271 e. The van der Waals surface area contributed by atoms with Gasteiger partial charge in [0.05, 0.1) is 12.4 Å². The molecule has 2 aromatic rings. The first-order valence-corrected chi connectivity index (χ1v) is 8.07. The molecule has 2 rings (SSSR count). The number of carbonyl (C=O) groups is 1. The van der Waals surface area contributed by atoms with Gasteiger partial charge in [-0.25, -0.2) is 9.97 Å². The molecule has 0 aliphatic carbocycles. The van der Waals surface area contributed by atoms with Crippen molar-refractivity contribution in [3.63, 3.8) is 0 Å². The topological polar surface area (TPSA) is 66.9 Å². The smallest absolute Gasteiger partial charge is 0.271 e. The molecule has 23 heavy (non-hydrogen) atoms. The summed E-state index contributed by atoms with van der Waals surface area (Å²) in [6, 6.07) is 7.88. The lowest BCUT2D eigenvalue weighted by atomic mass is 10.1. The summed E-state index contributed by atoms with van der Waals surface area (Å²) in [5.41, 5.74) is 1.52. The number of carbonyl (C=O) groups excluding carboxylic acids is 1. The minimum absolute atomic E-state index is 0.126. The van der Waals surface area contributed by atoms with Gasteiger partial charge in [-0.3, -0.25) is 4.79 Å². The highest BCUT2D eigenvalue weighted by Gasteiger charge is 2.10. The molecule has 0 saturated heterocycles. The van der Waals surface area contributed by atoms with Crippen LogP contribution >= 0.6 is 11.6 Å². The van der Waals surface area contributed by atoms with Gasteiger partial charge < -0.3 is 10.6 Å². The van der Waals surface area contributed by atoms with Crippen molar-refractivity contribution < 1.29 is 4.79 Å². The van der Waals surface area contributed by atoms with Crippen LogP contribution in [0.4, 0.5) is 5.82 Å². The standard InChI is InChI=1S/C17H21ClN4O/c1-3-12(2)22-17(23)15-10-21-16(11-20-15)19-9-8-13-4-6-14(18)7-5-13/h4-7,10-12H,3,8-9H2,1-2H3,(H,19,21)(H,22,23). The number of hydrogen-bond acceptors (Lipinski definition) is 4. The SMILES string of the molecule is CCC(C)NC(=O)c1cnc(NCCc2ccc(Cl)cc2)cn1. The molecule has 0 aliphatic heterocycles. The van der Waals surface area contributed by atoms with Gasteiger partial charge in [-0.1, -0.05) is 30.7 Å². The van der Waals surface area contributed by atoms with Crippen LogP contribution in [0.2, 0.25) is 5.02 Å². The van der Waals surface area contributed by atoms with Crippen LogP contribution in [-0.2, 0) is 6.42 Å². The molecule has 1 atom stereocenters. The highest BCUT2D eigenvalue weighted by Crippen LogP contribution is 2.10. The predicted octanol–water partition coefficient (Wildman–Crippen LogP) is 3.31. The van der Waals surface area contributed by atoms with E-state index >= 15 is 0 Å². The van der Waals surface area contributed by atoms with Crippen LogP contribution < -0.4 is 10.6 Å². The van der Waals surface area contributed by atoms with Crippen LogP contribution in [0.1, 0.15) is 36.3 Å². The Bertz CT molecular complexity index is 628. The van der Waals surface area contributed by atoms with E-state index in [4.69, 9.17) is 11.6 Å². The third kappa shape index (κ3) is 5.53. The molecular weight excluding hydrogens is 312 g/mol. The van der Waals surface area contributed by atoms with Crippen molar-refractivity contribution in [1.29, 1.82) is 0 Å². The minimum atomic E-state index is -0.195. The van der Waals surface area contributed by atoms with Crippen molar-refractivity contribution in [1.82, 2.24) is 15.3 Å². The third-order valence-corrected chi connectivity index (χ3v) is 3.76. The van der Waals surface area contributed by atoms with Crippen LogP contribution in [0.5, 0.6) is 0 Å². The normalized spacial score (nSPS) is 11.8. The van der Waals surface area contributed by atoms with Gasteiger partial charge in [-0.15, -0.1) is 0 Å². The van der Waals surface area contributed by atoms with Gasteiger partial charge in [0.1, 0.15) is 11.5 Å². The van der Waals surface area contributed by atoms with Gasteiger partial charge in [-0.2, -0.15) is 0 Å². The van der Waals surface area contributed by atoms with Gasteiger partial charge >= 0.3 is 0 Å². The van der Waals surface area contributed by atoms with Gasteiger partial charge in [0.25, 0.3) is 5.91 Å². The number of amides is 1. The lowest BCUT2D eigenvalue weighted by molar-refractivity contribution is 0.0934. The first kappa shape index (κ1) is 17.2. The van der Waals surface area contributed by atoms with Crippen LogP contribution in [0, 0.1) is 0 Å². The molecule has 1 aromatic carbocycles. The maximum absolute atomic E-state index is 11.9. The molecule has 5 nitrogen and oxygen atoms in total. The third-order valence-electron chi connectivity index (χ3n) is 3.51. The zero-order valence-electron chi connectivity index (χ0n) is 13.3. The fourth-order valence-corrected chi connectivity index (χ4v) is 2.05. The number of nitrogens with zero attached hydrogens (tertiary/aromatic N) is 2. The zero-order chi connectivity index (χ0) is 16.7. The summed E-state index contributed by atoms with van der Waals surface area (Å²) >= 11 is 5.86. The molecule has 6 heteroatoms. The van der Waals surface area contributed by atoms with Gasteiger partial charge in [-0.05, 0) is 37.5 Å². The molecular formula is C17H21ClN4O. The number of benzene rings is 1. The first-order chi connectivity index (χ1) is 11.1. The number of nitrogens with one attached hydrogen (secondary N) is 2. The van der Waals surface area contributed by atoms with E-state index in [1.165, 1.54) is 11.8 Å². The van der Waals surface area contributed by atoms with Crippen molar-refractivity contribution >= 4 is 23.3 Å². The van der Waals surface area contributed by atoms with Gasteiger partial charge in [0.15, 0.2) is 0 Å². The Balaban J connectivity index is 1.82. The van der Waals surface area contributed by atoms with E-state index in [-0.39, 0.29) is 11.9 Å². The zero-order valence-corrected chi connectivity index (χ0v) is 14.1. The average molecular weight is 333 g/mol. The summed E-state index contributed by atoms with van der Waals surface area (Å²) in [5.74, 6) is 0.457. The Morgan fingerprint density at radius 3 is 2.57 bits per heavy atom. The van der Waals surface area contributed by atoms with Crippen LogP contribution in [0.25, 0.3) is 0 Å². The van der Waals surface area contributed by atoms with E-state index in [1.807, 2.05) is 38.1 Å². The fraction of sp³-hybridized carbons (Fsp3) is 0.353. The lowest BCUT2D eigenvalue weighted by Gasteiger charge is -2.11. The molecule has 1 aromatic heterocycles. The summed E-state index contributed by atoms with van der Waals surface area (Å²) in [6.07, 6.45) is 4.80. The lowest BCUT2D eigenvalue weighted by Crippen LogP contribution is -2.32. The van der Waals surface area contributed by atoms with Crippen molar-refractivity contribution in [3.8, 4) is 0 Å². The Kier molecular flexibility index (Phi) is 6.35. The van der Waals surface area contributed by atoms with E-state index in [0.29, 0.717) is 11.5 Å². The first-order valence-electron chi connectivity index (χ1n) is 7.69. The summed E-state index contributed by atoms with van der Waals surface area (Å²) < 4.78 is 0. The Labute approximate surface area is 141 Å². The summed E-state index contributed by atoms with van der Waals surface area (Å²) in [4.78, 5) is 20.3. The van der Waals surface area contributed by atoms with E-state index in [2.05, 4.69) is 20.6 Å². The van der Waals surface area contributed by atoms with E-state index in [1.54, 1.807) is 6.20 Å². The summed E-state index contributed by atoms with van der Waals surface area (Å²) in [5, 5.41) is 6.78. The molecule has 0 radical (unpaired) electrons. The molecule has 122 valence electrons. The second-order valence-electron chi connectivity index (χ2n) is 5.37. The average Bonchev–Trinajstić information content (AvgIpc) is 2.57. The molecule has 0 fully saturated rings. The molecule has 0 spiro atoms. The van der Waals surface area contributed by atoms with Crippen LogP contribution in [-0.4, -0.2) is 28.5 Å². The molecule has 1 unspecified atom stereocenters. The monoisotopic (exact) mass is 332 g/mol. The highest BCUT2D eigenvalue weighted by molar-refractivity contribution is 6.30. The Morgan fingerprint density at radius 2 is 1.96 bits per heavy atom. The predicted molar refractivity (Wildman–Crippen MR) is 92.9 cm³/mol. The molecule has 1 heterocycles. The number of anilines is 1. The Morgan fingerprint density at radius 1 is 1.22 bits per heavy atom. The highest BCUT2D eigenvalue weighted by atomic mass is 35.5. The molecule has 1 amide bonds. The van der Waals surface area contributed by atoms with Crippen molar-refractivity contribution in [2.45, 2.75) is 32.7 Å². The largest absolute Gasteiger partial charge is 0.368 e. The summed E-state index contributed by atoms with van der Waals surface area (Å²) in [6.45, 7) is 4.71. The van der Waals surface area contributed by atoms with Crippen molar-refractivity contribution in [2.24, 2.45) is 0 Å². The minimum Gasteiger partial charge on any atom is -0.368 e. The molecule has 2 N–H and O–H groups in total. The Hall–Kier alpha value is -2.14. The number of hydrogen-bond donors (Lipinski definition) is 2.